The van der Waals surface area contributed by atoms with Crippen LogP contribution >= 0.6 is 0 Å². The summed E-state index contributed by atoms with van der Waals surface area (Å²) in [5, 5.41) is 0. The first-order valence-corrected chi connectivity index (χ1v) is 13.9. The molecule has 31 heavy (non-hydrogen) atoms. The molecule has 6 heteroatoms. The SMILES string of the molecule is CC(=O)C[C@H]1[C@@H](O[Si](C(C)C)(C(C)C)C(C)C)CCCN1C(=O)OCc1ccccc1. The lowest BCUT2D eigenvalue weighted by Crippen LogP contribution is -2.58. The van der Waals surface area contributed by atoms with Crippen molar-refractivity contribution in [2.45, 2.75) is 103 Å². The third-order valence-corrected chi connectivity index (χ3v) is 12.8. The van der Waals surface area contributed by atoms with E-state index in [0.717, 1.165) is 18.4 Å². The molecule has 0 N–H and O–H groups in total. The van der Waals surface area contributed by atoms with E-state index in [1.165, 1.54) is 0 Å². The Morgan fingerprint density at radius 2 is 1.61 bits per heavy atom. The molecule has 174 valence electrons. The van der Waals surface area contributed by atoms with E-state index >= 15 is 0 Å². The van der Waals surface area contributed by atoms with Crippen molar-refractivity contribution in [2.24, 2.45) is 0 Å². The number of carbonyl (C=O) groups excluding carboxylic acids is 2. The maximum Gasteiger partial charge on any atom is 0.410 e. The smallest absolute Gasteiger partial charge is 0.410 e. The number of hydrogen-bond acceptors (Lipinski definition) is 4. The zero-order valence-corrected chi connectivity index (χ0v) is 21.4. The minimum atomic E-state index is -2.13. The van der Waals surface area contributed by atoms with Crippen LogP contribution in [0.4, 0.5) is 4.79 Å². The highest BCUT2D eigenvalue weighted by Gasteiger charge is 2.49. The average molecular weight is 448 g/mol. The molecule has 1 saturated heterocycles. The molecule has 0 bridgehead atoms. The highest BCUT2D eigenvalue weighted by atomic mass is 28.4. The first-order valence-electron chi connectivity index (χ1n) is 11.7. The van der Waals surface area contributed by atoms with Gasteiger partial charge in [0, 0.05) is 13.0 Å². The summed E-state index contributed by atoms with van der Waals surface area (Å²) in [5.74, 6) is 0.0762. The van der Waals surface area contributed by atoms with Crippen LogP contribution in [0.2, 0.25) is 16.6 Å². The van der Waals surface area contributed by atoms with Gasteiger partial charge in [-0.25, -0.2) is 4.79 Å². The Morgan fingerprint density at radius 1 is 1.03 bits per heavy atom. The molecule has 2 atom stereocenters. The van der Waals surface area contributed by atoms with Gasteiger partial charge in [0.2, 0.25) is 8.32 Å². The van der Waals surface area contributed by atoms with Crippen LogP contribution in [-0.4, -0.2) is 43.8 Å². The molecule has 1 aromatic rings. The summed E-state index contributed by atoms with van der Waals surface area (Å²) >= 11 is 0. The van der Waals surface area contributed by atoms with Crippen molar-refractivity contribution in [3.8, 4) is 0 Å². The van der Waals surface area contributed by atoms with Gasteiger partial charge in [0.1, 0.15) is 12.4 Å². The fourth-order valence-electron chi connectivity index (χ4n) is 5.39. The molecule has 0 radical (unpaired) electrons. The van der Waals surface area contributed by atoms with E-state index in [1.807, 2.05) is 30.3 Å². The summed E-state index contributed by atoms with van der Waals surface area (Å²) in [5.41, 5.74) is 2.30. The molecular weight excluding hydrogens is 406 g/mol. The fourth-order valence-corrected chi connectivity index (χ4v) is 11.0. The standard InChI is InChI=1S/C25H41NO4Si/c1-18(2)31(19(3)4,20(5)6)30-24-14-11-15-26(23(24)16-21(7)27)25(28)29-17-22-12-9-8-10-13-22/h8-10,12-13,18-20,23-24H,11,14-17H2,1-7H3/t23-,24-/m0/s1. The number of likely N-dealkylation sites (tertiary alicyclic amines) is 1. The van der Waals surface area contributed by atoms with Gasteiger partial charge < -0.3 is 14.1 Å². The summed E-state index contributed by atoms with van der Waals surface area (Å²) < 4.78 is 12.7. The number of rotatable bonds is 9. The minimum absolute atomic E-state index is 0.0762. The van der Waals surface area contributed by atoms with E-state index < -0.39 is 8.32 Å². The van der Waals surface area contributed by atoms with Crippen LogP contribution in [0.3, 0.4) is 0 Å². The first kappa shape index (κ1) is 25.6. The molecule has 1 aliphatic rings. The number of carbonyl (C=O) groups is 2. The molecule has 0 saturated carbocycles. The van der Waals surface area contributed by atoms with Crippen LogP contribution < -0.4 is 0 Å². The number of piperidine rings is 1. The van der Waals surface area contributed by atoms with E-state index in [9.17, 15) is 9.59 Å². The van der Waals surface area contributed by atoms with Crippen molar-refractivity contribution in [1.82, 2.24) is 4.90 Å². The summed E-state index contributed by atoms with van der Waals surface area (Å²) in [4.78, 5) is 26.9. The van der Waals surface area contributed by atoms with E-state index in [2.05, 4.69) is 41.5 Å². The monoisotopic (exact) mass is 447 g/mol. The van der Waals surface area contributed by atoms with Crippen molar-refractivity contribution in [3.05, 3.63) is 35.9 Å². The Balaban J connectivity index is 2.24. The van der Waals surface area contributed by atoms with Crippen LogP contribution in [0, 0.1) is 0 Å². The highest BCUT2D eigenvalue weighted by molar-refractivity contribution is 6.77. The Kier molecular flexibility index (Phi) is 9.31. The Bertz CT molecular complexity index is 698. The van der Waals surface area contributed by atoms with Crippen LogP contribution in [0.25, 0.3) is 0 Å². The third-order valence-electron chi connectivity index (χ3n) is 6.72. The summed E-state index contributed by atoms with van der Waals surface area (Å²) in [7, 11) is -2.13. The van der Waals surface area contributed by atoms with Crippen molar-refractivity contribution in [2.75, 3.05) is 6.54 Å². The number of nitrogens with zero attached hydrogens (tertiary/aromatic N) is 1. The Hall–Kier alpha value is -1.66. The molecule has 1 aromatic carbocycles. The van der Waals surface area contributed by atoms with Crippen LogP contribution in [0.5, 0.6) is 0 Å². The number of hydrogen-bond donors (Lipinski definition) is 0. The number of ketones is 1. The molecule has 5 nitrogen and oxygen atoms in total. The van der Waals surface area contributed by atoms with Gasteiger partial charge in [0.05, 0.1) is 12.1 Å². The number of amides is 1. The average Bonchev–Trinajstić information content (AvgIpc) is 2.70. The second kappa shape index (κ2) is 11.3. The van der Waals surface area contributed by atoms with E-state index in [1.54, 1.807) is 11.8 Å². The zero-order chi connectivity index (χ0) is 23.2. The van der Waals surface area contributed by atoms with Gasteiger partial charge in [-0.2, -0.15) is 0 Å². The van der Waals surface area contributed by atoms with Gasteiger partial charge in [0.15, 0.2) is 0 Å². The van der Waals surface area contributed by atoms with Crippen LogP contribution in [0.15, 0.2) is 30.3 Å². The van der Waals surface area contributed by atoms with Crippen molar-refractivity contribution >= 4 is 20.2 Å². The second-order valence-corrected chi connectivity index (χ2v) is 15.2. The third kappa shape index (κ3) is 6.19. The molecule has 0 spiro atoms. The van der Waals surface area contributed by atoms with E-state index in [0.29, 0.717) is 29.6 Å². The lowest BCUT2D eigenvalue weighted by molar-refractivity contribution is -0.119. The number of Topliss-reactive ketones (excluding diaryl/α,β-unsaturated/α-hetero) is 1. The second-order valence-electron chi connectivity index (χ2n) is 9.82. The number of benzene rings is 1. The van der Waals surface area contributed by atoms with Gasteiger partial charge in [-0.05, 0) is 42.0 Å². The van der Waals surface area contributed by atoms with Gasteiger partial charge in [-0.3, -0.25) is 4.79 Å². The predicted molar refractivity (Wildman–Crippen MR) is 128 cm³/mol. The van der Waals surface area contributed by atoms with Crippen molar-refractivity contribution < 1.29 is 18.8 Å². The largest absolute Gasteiger partial charge is 0.445 e. The van der Waals surface area contributed by atoms with E-state index in [-0.39, 0.29) is 30.6 Å². The van der Waals surface area contributed by atoms with Gasteiger partial charge in [0.25, 0.3) is 0 Å². The van der Waals surface area contributed by atoms with Crippen molar-refractivity contribution in [1.29, 1.82) is 0 Å². The first-order chi connectivity index (χ1) is 14.6. The minimum Gasteiger partial charge on any atom is -0.445 e. The Labute approximate surface area is 189 Å². The summed E-state index contributed by atoms with van der Waals surface area (Å²) in [6.07, 6.45) is 1.57. The van der Waals surface area contributed by atoms with Crippen molar-refractivity contribution in [3.63, 3.8) is 0 Å². The Morgan fingerprint density at radius 3 is 2.13 bits per heavy atom. The zero-order valence-electron chi connectivity index (χ0n) is 20.4. The van der Waals surface area contributed by atoms with Gasteiger partial charge >= 0.3 is 6.09 Å². The summed E-state index contributed by atoms with van der Waals surface area (Å²) in [6.45, 7) is 16.0. The molecule has 1 amide bonds. The molecule has 0 aliphatic carbocycles. The molecular formula is C25H41NO4Si. The lowest BCUT2D eigenvalue weighted by Gasteiger charge is -2.49. The topological polar surface area (TPSA) is 55.8 Å². The molecule has 2 rings (SSSR count). The van der Waals surface area contributed by atoms with Gasteiger partial charge in [-0.15, -0.1) is 0 Å². The quantitative estimate of drug-likeness (QED) is 0.415. The molecule has 1 fully saturated rings. The maximum absolute atomic E-state index is 13.0. The molecule has 0 unspecified atom stereocenters. The normalized spacial score (nSPS) is 19.9. The predicted octanol–water partition coefficient (Wildman–Crippen LogP) is 6.33. The van der Waals surface area contributed by atoms with Crippen LogP contribution in [0.1, 0.15) is 73.3 Å². The number of ether oxygens (including phenoxy) is 1. The summed E-state index contributed by atoms with van der Waals surface area (Å²) in [6, 6.07) is 9.42. The molecule has 0 aromatic heterocycles. The molecule has 1 heterocycles. The maximum atomic E-state index is 13.0. The fraction of sp³-hybridized carbons (Fsp3) is 0.680. The molecule has 1 aliphatic heterocycles. The van der Waals surface area contributed by atoms with E-state index in [4.69, 9.17) is 9.16 Å². The highest BCUT2D eigenvalue weighted by Crippen LogP contribution is 2.44. The van der Waals surface area contributed by atoms with Gasteiger partial charge in [-0.1, -0.05) is 71.9 Å². The lowest BCUT2D eigenvalue weighted by atomic mass is 9.95. The van der Waals surface area contributed by atoms with Crippen LogP contribution in [-0.2, 0) is 20.6 Å².